The Hall–Kier alpha value is -1.75. The number of alkyl halides is 1. The van der Waals surface area contributed by atoms with Crippen molar-refractivity contribution in [1.82, 2.24) is 5.32 Å². The first-order chi connectivity index (χ1) is 21.0. The average molecular weight is 622 g/mol. The van der Waals surface area contributed by atoms with Crippen molar-refractivity contribution in [3.8, 4) is 0 Å². The average Bonchev–Trinajstić information content (AvgIpc) is 3.37. The summed E-state index contributed by atoms with van der Waals surface area (Å²) in [6.45, 7) is 21.0. The van der Waals surface area contributed by atoms with Crippen LogP contribution in [-0.2, 0) is 9.59 Å². The van der Waals surface area contributed by atoms with Crippen molar-refractivity contribution < 1.29 is 19.1 Å². The van der Waals surface area contributed by atoms with E-state index in [0.29, 0.717) is 55.4 Å². The molecular formula is C40H60FNO3. The van der Waals surface area contributed by atoms with Gasteiger partial charge in [-0.15, -0.1) is 0 Å². The van der Waals surface area contributed by atoms with Crippen LogP contribution in [0.3, 0.4) is 0 Å². The van der Waals surface area contributed by atoms with Crippen LogP contribution in [0.4, 0.5) is 4.39 Å². The van der Waals surface area contributed by atoms with Gasteiger partial charge in [0.15, 0.2) is 0 Å². The molecule has 0 saturated heterocycles. The SMILES string of the molecule is C=C(C)[C@@H]1CC[C@]2(NCC(C)=O)CC[C@]3(C)[C@H](CC[C@@H]4[C@@]5(C)CC=C(C6=CC[C@](CF)(C(=O)O)CC6)C(C)(C)[C@@H]5CC[C@]43C)[C@@H]12. The molecule has 45 heavy (non-hydrogen) atoms. The van der Waals surface area contributed by atoms with Crippen LogP contribution >= 0.6 is 0 Å². The third kappa shape index (κ3) is 4.58. The molecule has 0 aliphatic heterocycles. The van der Waals surface area contributed by atoms with Gasteiger partial charge in [-0.2, -0.15) is 0 Å². The van der Waals surface area contributed by atoms with Crippen LogP contribution in [0.15, 0.2) is 35.5 Å². The van der Waals surface area contributed by atoms with E-state index in [1.165, 1.54) is 55.2 Å². The first kappa shape index (κ1) is 33.2. The van der Waals surface area contributed by atoms with Crippen LogP contribution in [0.25, 0.3) is 0 Å². The molecule has 0 aromatic heterocycles. The van der Waals surface area contributed by atoms with E-state index in [0.717, 1.165) is 19.3 Å². The number of halogens is 1. The summed E-state index contributed by atoms with van der Waals surface area (Å²) in [7, 11) is 0. The summed E-state index contributed by atoms with van der Waals surface area (Å²) in [6.07, 6.45) is 16.7. The molecule has 4 fully saturated rings. The van der Waals surface area contributed by atoms with Crippen LogP contribution in [0.5, 0.6) is 0 Å². The molecule has 6 aliphatic rings. The number of allylic oxidation sites excluding steroid dienone is 5. The van der Waals surface area contributed by atoms with Crippen molar-refractivity contribution in [2.24, 2.45) is 56.7 Å². The van der Waals surface area contributed by atoms with Gasteiger partial charge in [0.1, 0.15) is 12.5 Å². The van der Waals surface area contributed by atoms with Gasteiger partial charge < -0.3 is 10.4 Å². The van der Waals surface area contributed by atoms with E-state index >= 15 is 0 Å². The summed E-state index contributed by atoms with van der Waals surface area (Å²) in [5.41, 5.74) is 3.51. The molecular weight excluding hydrogens is 561 g/mol. The van der Waals surface area contributed by atoms with Gasteiger partial charge in [-0.05, 0) is 153 Å². The lowest BCUT2D eigenvalue weighted by molar-refractivity contribution is -0.221. The molecule has 0 spiro atoms. The molecule has 0 amide bonds. The Morgan fingerprint density at radius 2 is 1.64 bits per heavy atom. The first-order valence-electron chi connectivity index (χ1n) is 18.1. The molecule has 0 aromatic rings. The van der Waals surface area contributed by atoms with Crippen LogP contribution in [0.1, 0.15) is 126 Å². The van der Waals surface area contributed by atoms with Crippen molar-refractivity contribution in [2.75, 3.05) is 13.2 Å². The molecule has 250 valence electrons. The van der Waals surface area contributed by atoms with E-state index < -0.39 is 18.1 Å². The maximum Gasteiger partial charge on any atom is 0.312 e. The van der Waals surface area contributed by atoms with Crippen LogP contribution in [0, 0.1) is 56.7 Å². The van der Waals surface area contributed by atoms with Gasteiger partial charge >= 0.3 is 5.97 Å². The summed E-state index contributed by atoms with van der Waals surface area (Å²) in [4.78, 5) is 24.1. The summed E-state index contributed by atoms with van der Waals surface area (Å²) in [5, 5.41) is 13.6. The smallest absolute Gasteiger partial charge is 0.312 e. The van der Waals surface area contributed by atoms with Gasteiger partial charge in [0.25, 0.3) is 0 Å². The van der Waals surface area contributed by atoms with E-state index in [2.05, 4.69) is 65.6 Å². The number of Topliss-reactive ketones (excluding diaryl/α,β-unsaturated/α-hetero) is 1. The van der Waals surface area contributed by atoms with Gasteiger partial charge in [0.2, 0.25) is 0 Å². The lowest BCUT2D eigenvalue weighted by Crippen LogP contribution is -2.68. The number of aliphatic carboxylic acids is 1. The van der Waals surface area contributed by atoms with Crippen LogP contribution < -0.4 is 5.32 Å². The second-order valence-corrected chi connectivity index (χ2v) is 18.1. The second kappa shape index (κ2) is 10.9. The third-order valence-corrected chi connectivity index (χ3v) is 16.0. The summed E-state index contributed by atoms with van der Waals surface area (Å²) < 4.78 is 13.9. The Balaban J connectivity index is 1.32. The largest absolute Gasteiger partial charge is 0.481 e. The molecule has 0 bridgehead atoms. The van der Waals surface area contributed by atoms with E-state index in [1.54, 1.807) is 6.92 Å². The van der Waals surface area contributed by atoms with Crippen molar-refractivity contribution in [2.45, 2.75) is 131 Å². The standard InChI is InChI=1S/C40H60FNO3/c1-25(2)28-13-20-40(42-23-26(3)43)22-21-37(7)30(33(28)40)9-10-32-36(6)16-14-29(35(4,5)31(36)15-17-38(32,37)8)27-11-18-39(24-41,19-12-27)34(44)45/h11,14,28,30-33,42H,1,9-10,12-13,15-24H2,2-8H3,(H,44,45)/t28-,30+,31-,32+,33+,36-,37+,38+,39-,40-/m0/s1. The topological polar surface area (TPSA) is 66.4 Å². The zero-order valence-corrected chi connectivity index (χ0v) is 29.3. The number of carboxylic acid groups (broad SMARTS) is 1. The van der Waals surface area contributed by atoms with Crippen LogP contribution in [0.2, 0.25) is 0 Å². The summed E-state index contributed by atoms with van der Waals surface area (Å²) in [5.74, 6) is 2.16. The van der Waals surface area contributed by atoms with E-state index in [-0.39, 0.29) is 33.0 Å². The maximum absolute atomic E-state index is 13.9. The molecule has 6 rings (SSSR count). The lowest BCUT2D eigenvalue weighted by atomic mass is 9.33. The molecule has 6 aliphatic carbocycles. The monoisotopic (exact) mass is 621 g/mol. The highest BCUT2D eigenvalue weighted by Crippen LogP contribution is 2.76. The Bertz CT molecular complexity index is 1330. The molecule has 0 unspecified atom stereocenters. The number of nitrogens with one attached hydrogen (secondary N) is 1. The second-order valence-electron chi connectivity index (χ2n) is 18.1. The highest BCUT2D eigenvalue weighted by Gasteiger charge is 2.70. The summed E-state index contributed by atoms with van der Waals surface area (Å²) >= 11 is 0. The van der Waals surface area contributed by atoms with Gasteiger partial charge in [-0.1, -0.05) is 58.9 Å². The maximum atomic E-state index is 13.9. The Kier molecular flexibility index (Phi) is 8.03. The van der Waals surface area contributed by atoms with Crippen molar-refractivity contribution in [3.05, 3.63) is 35.5 Å². The van der Waals surface area contributed by atoms with Crippen molar-refractivity contribution in [3.63, 3.8) is 0 Å². The van der Waals surface area contributed by atoms with Crippen LogP contribution in [-0.4, -0.2) is 35.6 Å². The Labute approximate surface area is 272 Å². The van der Waals surface area contributed by atoms with E-state index in [4.69, 9.17) is 0 Å². The Morgan fingerprint density at radius 1 is 0.911 bits per heavy atom. The molecule has 5 heteroatoms. The van der Waals surface area contributed by atoms with Crippen molar-refractivity contribution in [1.29, 1.82) is 0 Å². The highest BCUT2D eigenvalue weighted by atomic mass is 19.1. The van der Waals surface area contributed by atoms with E-state index in [1.807, 2.05) is 0 Å². The number of fused-ring (bicyclic) bond motifs is 7. The number of ketones is 1. The Morgan fingerprint density at radius 3 is 2.24 bits per heavy atom. The zero-order chi connectivity index (χ0) is 32.8. The third-order valence-electron chi connectivity index (χ3n) is 16.0. The number of hydrogen-bond donors (Lipinski definition) is 2. The quantitative estimate of drug-likeness (QED) is 0.278. The zero-order valence-electron chi connectivity index (χ0n) is 29.3. The minimum absolute atomic E-state index is 0.00825. The fourth-order valence-corrected chi connectivity index (χ4v) is 13.4. The minimum atomic E-state index is -1.25. The molecule has 2 N–H and O–H groups in total. The van der Waals surface area contributed by atoms with Gasteiger partial charge in [0, 0.05) is 5.54 Å². The molecule has 4 saturated carbocycles. The van der Waals surface area contributed by atoms with Crippen molar-refractivity contribution >= 4 is 11.8 Å². The van der Waals surface area contributed by atoms with Gasteiger partial charge in [0.05, 0.1) is 12.0 Å². The number of carboxylic acids is 1. The lowest BCUT2D eigenvalue weighted by Gasteiger charge is -2.72. The molecule has 10 atom stereocenters. The minimum Gasteiger partial charge on any atom is -0.481 e. The van der Waals surface area contributed by atoms with Gasteiger partial charge in [-0.3, -0.25) is 9.59 Å². The van der Waals surface area contributed by atoms with E-state index in [9.17, 15) is 19.1 Å². The highest BCUT2D eigenvalue weighted by molar-refractivity contribution is 5.77. The number of carbonyl (C=O) groups is 2. The molecule has 4 nitrogen and oxygen atoms in total. The fraction of sp³-hybridized carbons (Fsp3) is 0.800. The molecule has 0 radical (unpaired) electrons. The number of rotatable bonds is 7. The molecule has 0 heterocycles. The normalized spacial score (nSPS) is 46.9. The molecule has 0 aromatic carbocycles. The predicted octanol–water partition coefficient (Wildman–Crippen LogP) is 9.26. The van der Waals surface area contributed by atoms with Gasteiger partial charge in [-0.25, -0.2) is 4.39 Å². The first-order valence-corrected chi connectivity index (χ1v) is 18.1. The predicted molar refractivity (Wildman–Crippen MR) is 179 cm³/mol. The number of carbonyl (C=O) groups excluding carboxylic acids is 1. The number of hydrogen-bond acceptors (Lipinski definition) is 3. The summed E-state index contributed by atoms with van der Waals surface area (Å²) in [6, 6.07) is 0. The fourth-order valence-electron chi connectivity index (χ4n) is 13.4.